The van der Waals surface area contributed by atoms with Gasteiger partial charge in [-0.3, -0.25) is 14.4 Å². The zero-order valence-electron chi connectivity index (χ0n) is 9.94. The van der Waals surface area contributed by atoms with Crippen LogP contribution in [-0.2, 0) is 20.2 Å². The maximum absolute atomic E-state index is 11.7. The molecule has 1 aromatic rings. The van der Waals surface area contributed by atoms with E-state index in [0.29, 0.717) is 11.4 Å². The minimum Gasteiger partial charge on any atom is -0.469 e. The summed E-state index contributed by atoms with van der Waals surface area (Å²) in [5.41, 5.74) is 1.33. The van der Waals surface area contributed by atoms with Gasteiger partial charge in [0, 0.05) is 11.4 Å². The number of rotatable bonds is 6. The third-order valence-electron chi connectivity index (χ3n) is 2.36. The Kier molecular flexibility index (Phi) is 5.52. The maximum atomic E-state index is 11.7. The van der Waals surface area contributed by atoms with Crippen LogP contribution in [0.25, 0.3) is 0 Å². The molecule has 0 amide bonds. The van der Waals surface area contributed by atoms with Crippen LogP contribution in [0.4, 0.5) is 0 Å². The number of alkyl halides is 1. The van der Waals surface area contributed by atoms with E-state index in [9.17, 15) is 14.4 Å². The summed E-state index contributed by atoms with van der Waals surface area (Å²) in [5.74, 6) is -1.03. The van der Waals surface area contributed by atoms with Gasteiger partial charge in [-0.05, 0) is 5.56 Å². The summed E-state index contributed by atoms with van der Waals surface area (Å²) in [4.78, 5) is 33.9. The average Bonchev–Trinajstić information content (AvgIpc) is 2.38. The Morgan fingerprint density at radius 2 is 1.72 bits per heavy atom. The van der Waals surface area contributed by atoms with Crippen molar-refractivity contribution in [1.82, 2.24) is 0 Å². The number of hydrogen-bond acceptors (Lipinski definition) is 4. The fourth-order valence-electron chi connectivity index (χ4n) is 1.36. The van der Waals surface area contributed by atoms with Crippen molar-refractivity contribution in [3.63, 3.8) is 0 Å². The fourth-order valence-corrected chi connectivity index (χ4v) is 1.53. The van der Waals surface area contributed by atoms with Gasteiger partial charge in [0.15, 0.2) is 11.6 Å². The van der Waals surface area contributed by atoms with Gasteiger partial charge in [0.05, 0.1) is 13.5 Å². The summed E-state index contributed by atoms with van der Waals surface area (Å²) in [7, 11) is 1.20. The summed E-state index contributed by atoms with van der Waals surface area (Å²) in [6, 6.07) is 6.69. The maximum Gasteiger partial charge on any atom is 0.313 e. The Balaban J connectivity index is 2.59. The lowest BCUT2D eigenvalue weighted by Crippen LogP contribution is -2.13. The molecule has 0 bridgehead atoms. The van der Waals surface area contributed by atoms with Crippen LogP contribution < -0.4 is 0 Å². The Bertz CT molecular complexity index is 451. The van der Waals surface area contributed by atoms with Gasteiger partial charge in [-0.2, -0.15) is 0 Å². The summed E-state index contributed by atoms with van der Waals surface area (Å²) < 4.78 is 4.35. The number of benzene rings is 1. The Hall–Kier alpha value is -1.68. The minimum absolute atomic E-state index is 0.296. The van der Waals surface area contributed by atoms with Crippen molar-refractivity contribution < 1.29 is 19.1 Å². The normalized spacial score (nSPS) is 9.89. The van der Waals surface area contributed by atoms with E-state index < -0.39 is 11.8 Å². The fraction of sp³-hybridized carbons (Fsp3) is 0.308. The van der Waals surface area contributed by atoms with Crippen molar-refractivity contribution in [2.45, 2.75) is 18.7 Å². The molecule has 0 aliphatic rings. The van der Waals surface area contributed by atoms with Crippen molar-refractivity contribution in [3.8, 4) is 0 Å². The Labute approximate surface area is 110 Å². The molecule has 0 N–H and O–H groups in total. The quantitative estimate of drug-likeness (QED) is 0.343. The van der Waals surface area contributed by atoms with Crippen LogP contribution in [0, 0.1) is 0 Å². The van der Waals surface area contributed by atoms with Gasteiger partial charge in [0.1, 0.15) is 6.42 Å². The van der Waals surface area contributed by atoms with Crippen molar-refractivity contribution in [1.29, 1.82) is 0 Å². The van der Waals surface area contributed by atoms with Crippen molar-refractivity contribution in [2.75, 3.05) is 7.11 Å². The van der Waals surface area contributed by atoms with Crippen LogP contribution in [0.2, 0.25) is 0 Å². The Morgan fingerprint density at radius 1 is 1.11 bits per heavy atom. The molecule has 0 atom stereocenters. The van der Waals surface area contributed by atoms with Crippen LogP contribution in [0.3, 0.4) is 0 Å². The lowest BCUT2D eigenvalue weighted by molar-refractivity contribution is -0.143. The molecule has 0 unspecified atom stereocenters. The van der Waals surface area contributed by atoms with E-state index in [-0.39, 0.29) is 18.6 Å². The minimum atomic E-state index is -0.634. The summed E-state index contributed by atoms with van der Waals surface area (Å²) in [6.45, 7) is 0. The van der Waals surface area contributed by atoms with E-state index >= 15 is 0 Å². The first-order chi connectivity index (χ1) is 8.56. The number of halogens is 1. The molecule has 0 aliphatic carbocycles. The number of methoxy groups -OCH3 is 1. The zero-order chi connectivity index (χ0) is 13.5. The van der Waals surface area contributed by atoms with Gasteiger partial charge < -0.3 is 4.74 Å². The third-order valence-corrected chi connectivity index (χ3v) is 2.67. The van der Waals surface area contributed by atoms with Crippen LogP contribution in [-0.4, -0.2) is 24.6 Å². The van der Waals surface area contributed by atoms with Crippen molar-refractivity contribution in [3.05, 3.63) is 35.4 Å². The first-order valence-corrected chi connectivity index (χ1v) is 5.87. The second kappa shape index (κ2) is 6.91. The number of Topliss-reactive ketones (excluding diaryl/α,β-unsaturated/α-hetero) is 2. The number of carbonyl (C=O) groups is 3. The van der Waals surface area contributed by atoms with E-state index in [1.165, 1.54) is 7.11 Å². The highest BCUT2D eigenvalue weighted by Crippen LogP contribution is 2.09. The smallest absolute Gasteiger partial charge is 0.313 e. The zero-order valence-corrected chi connectivity index (χ0v) is 10.7. The molecular weight excluding hydrogens is 256 g/mol. The number of hydrogen-bond donors (Lipinski definition) is 0. The summed E-state index contributed by atoms with van der Waals surface area (Å²) in [5, 5.41) is 0. The highest BCUT2D eigenvalue weighted by Gasteiger charge is 2.15. The molecule has 1 rings (SSSR count). The van der Waals surface area contributed by atoms with Crippen LogP contribution >= 0.6 is 11.6 Å². The van der Waals surface area contributed by atoms with Crippen molar-refractivity contribution >= 4 is 29.1 Å². The first kappa shape index (κ1) is 14.4. The lowest BCUT2D eigenvalue weighted by atomic mass is 10.0. The van der Waals surface area contributed by atoms with E-state index in [2.05, 4.69) is 4.74 Å². The van der Waals surface area contributed by atoms with Crippen LogP contribution in [0.15, 0.2) is 24.3 Å². The molecule has 0 saturated carbocycles. The second-order valence-corrected chi connectivity index (χ2v) is 3.99. The molecule has 0 fully saturated rings. The van der Waals surface area contributed by atoms with Gasteiger partial charge in [0.2, 0.25) is 0 Å². The molecule has 4 nitrogen and oxygen atoms in total. The van der Waals surface area contributed by atoms with E-state index in [4.69, 9.17) is 11.6 Å². The van der Waals surface area contributed by atoms with E-state index in [0.717, 1.165) is 5.56 Å². The first-order valence-electron chi connectivity index (χ1n) is 5.33. The van der Waals surface area contributed by atoms with Crippen molar-refractivity contribution in [2.24, 2.45) is 0 Å². The molecule has 0 aromatic heterocycles. The molecular formula is C13H13ClO4. The molecule has 5 heteroatoms. The van der Waals surface area contributed by atoms with Gasteiger partial charge >= 0.3 is 5.97 Å². The molecule has 18 heavy (non-hydrogen) atoms. The summed E-state index contributed by atoms with van der Waals surface area (Å²) >= 11 is 5.63. The molecule has 1 aromatic carbocycles. The number of ether oxygens (including phenoxy) is 1. The molecule has 0 aliphatic heterocycles. The third kappa shape index (κ3) is 4.30. The Morgan fingerprint density at radius 3 is 2.22 bits per heavy atom. The molecule has 96 valence electrons. The predicted molar refractivity (Wildman–Crippen MR) is 66.6 cm³/mol. The summed E-state index contributed by atoms with van der Waals surface area (Å²) in [6.07, 6.45) is -0.669. The predicted octanol–water partition coefficient (Wildman–Crippen LogP) is 2.13. The van der Waals surface area contributed by atoms with E-state index in [1.807, 2.05) is 0 Å². The standard InChI is InChI=1S/C13H13ClO4/c1-18-13(17)7-11(15)6-12(16)10-4-2-9(8-14)3-5-10/h2-5H,6-8H2,1H3. The van der Waals surface area contributed by atoms with Gasteiger partial charge in [0.25, 0.3) is 0 Å². The van der Waals surface area contributed by atoms with Gasteiger partial charge in [-0.15, -0.1) is 11.6 Å². The van der Waals surface area contributed by atoms with E-state index in [1.54, 1.807) is 24.3 Å². The average molecular weight is 269 g/mol. The largest absolute Gasteiger partial charge is 0.469 e. The second-order valence-electron chi connectivity index (χ2n) is 3.72. The van der Waals surface area contributed by atoms with Gasteiger partial charge in [-0.25, -0.2) is 0 Å². The van der Waals surface area contributed by atoms with Gasteiger partial charge in [-0.1, -0.05) is 24.3 Å². The number of esters is 1. The molecule has 0 radical (unpaired) electrons. The number of carbonyl (C=O) groups excluding carboxylic acids is 3. The number of ketones is 2. The van der Waals surface area contributed by atoms with Crippen LogP contribution in [0.1, 0.15) is 28.8 Å². The topological polar surface area (TPSA) is 60.4 Å². The monoisotopic (exact) mass is 268 g/mol. The highest BCUT2D eigenvalue weighted by molar-refractivity contribution is 6.17. The molecule has 0 saturated heterocycles. The SMILES string of the molecule is COC(=O)CC(=O)CC(=O)c1ccc(CCl)cc1. The molecule has 0 heterocycles. The lowest BCUT2D eigenvalue weighted by Gasteiger charge is -2.01. The van der Waals surface area contributed by atoms with Crippen LogP contribution in [0.5, 0.6) is 0 Å². The highest BCUT2D eigenvalue weighted by atomic mass is 35.5. The molecule has 0 spiro atoms.